The molecule has 26 heavy (non-hydrogen) atoms. The van der Waals surface area contributed by atoms with Crippen LogP contribution >= 0.6 is 0 Å². The van der Waals surface area contributed by atoms with E-state index in [0.717, 1.165) is 16.7 Å². The Bertz CT molecular complexity index is 750. The zero-order valence-electron chi connectivity index (χ0n) is 16.6. The largest absolute Gasteiger partial charge is 0.375 e. The predicted octanol–water partition coefficient (Wildman–Crippen LogP) is 2.08. The Morgan fingerprint density at radius 3 is 2.00 bits per heavy atom. The first kappa shape index (κ1) is 20.9. The van der Waals surface area contributed by atoms with Gasteiger partial charge in [-0.1, -0.05) is 32.9 Å². The minimum absolute atomic E-state index is 0.0270. The highest BCUT2D eigenvalue weighted by Gasteiger charge is 2.32. The molecule has 0 spiro atoms. The van der Waals surface area contributed by atoms with Gasteiger partial charge in [0.2, 0.25) is 15.9 Å². The molecule has 1 amide bonds. The number of sulfonamides is 1. The molecule has 1 aromatic rings. The van der Waals surface area contributed by atoms with Crippen molar-refractivity contribution in [1.29, 1.82) is 0 Å². The smallest absolute Gasteiger partial charge is 0.248 e. The maximum atomic E-state index is 13.2. The standard InChI is InChI=1S/C19H30N2O4S/c1-14-11-16(19(3,4)5)12-15(2)18(14)26(23,24)21-9-7-20(8-10-21)17(22)13-25-6/h11-12H,7-10,13H2,1-6H3. The lowest BCUT2D eigenvalue weighted by Gasteiger charge is -2.34. The van der Waals surface area contributed by atoms with Crippen LogP contribution in [0.25, 0.3) is 0 Å². The highest BCUT2D eigenvalue weighted by molar-refractivity contribution is 7.89. The Hall–Kier alpha value is -1.44. The van der Waals surface area contributed by atoms with E-state index in [1.54, 1.807) is 4.90 Å². The molecule has 1 aliphatic heterocycles. The van der Waals surface area contributed by atoms with E-state index in [0.29, 0.717) is 31.1 Å². The third-order valence-electron chi connectivity index (χ3n) is 4.78. The summed E-state index contributed by atoms with van der Waals surface area (Å²) in [5.74, 6) is -0.105. The fourth-order valence-corrected chi connectivity index (χ4v) is 5.15. The van der Waals surface area contributed by atoms with Crippen LogP contribution < -0.4 is 0 Å². The van der Waals surface area contributed by atoms with Gasteiger partial charge < -0.3 is 9.64 Å². The normalized spacial score (nSPS) is 16.8. The molecule has 146 valence electrons. The van der Waals surface area contributed by atoms with Gasteiger partial charge in [-0.25, -0.2) is 8.42 Å². The molecule has 0 aromatic heterocycles. The molecule has 1 fully saturated rings. The fourth-order valence-electron chi connectivity index (χ4n) is 3.31. The highest BCUT2D eigenvalue weighted by atomic mass is 32.2. The van der Waals surface area contributed by atoms with Gasteiger partial charge in [-0.3, -0.25) is 4.79 Å². The van der Waals surface area contributed by atoms with Gasteiger partial charge >= 0.3 is 0 Å². The minimum atomic E-state index is -3.58. The first-order valence-corrected chi connectivity index (χ1v) is 10.3. The van der Waals surface area contributed by atoms with Crippen molar-refractivity contribution in [1.82, 2.24) is 9.21 Å². The molecular weight excluding hydrogens is 352 g/mol. The number of hydrogen-bond acceptors (Lipinski definition) is 4. The lowest BCUT2D eigenvalue weighted by Crippen LogP contribution is -2.51. The van der Waals surface area contributed by atoms with Crippen LogP contribution in [0.2, 0.25) is 0 Å². The van der Waals surface area contributed by atoms with E-state index in [-0.39, 0.29) is 17.9 Å². The van der Waals surface area contributed by atoms with Gasteiger partial charge in [-0.05, 0) is 36.0 Å². The van der Waals surface area contributed by atoms with E-state index < -0.39 is 10.0 Å². The van der Waals surface area contributed by atoms with E-state index in [4.69, 9.17) is 4.74 Å². The minimum Gasteiger partial charge on any atom is -0.375 e. The summed E-state index contributed by atoms with van der Waals surface area (Å²) in [6.07, 6.45) is 0. The Kier molecular flexibility index (Phi) is 6.15. The van der Waals surface area contributed by atoms with Gasteiger partial charge in [-0.2, -0.15) is 4.31 Å². The van der Waals surface area contributed by atoms with Gasteiger partial charge in [0, 0.05) is 33.3 Å². The molecule has 1 aliphatic rings. The van der Waals surface area contributed by atoms with E-state index in [1.807, 2.05) is 26.0 Å². The van der Waals surface area contributed by atoms with Crippen molar-refractivity contribution >= 4 is 15.9 Å². The van der Waals surface area contributed by atoms with Gasteiger partial charge in [0.25, 0.3) is 0 Å². The second kappa shape index (κ2) is 7.66. The van der Waals surface area contributed by atoms with Crippen molar-refractivity contribution in [2.75, 3.05) is 39.9 Å². The summed E-state index contributed by atoms with van der Waals surface area (Å²) >= 11 is 0. The van der Waals surface area contributed by atoms with Crippen LogP contribution in [-0.2, 0) is 25.0 Å². The van der Waals surface area contributed by atoms with Crippen LogP contribution in [0.15, 0.2) is 17.0 Å². The molecule has 1 aromatic carbocycles. The Morgan fingerprint density at radius 2 is 1.58 bits per heavy atom. The molecule has 1 heterocycles. The topological polar surface area (TPSA) is 66.9 Å². The van der Waals surface area contributed by atoms with Gasteiger partial charge in [0.05, 0.1) is 4.90 Å². The van der Waals surface area contributed by atoms with Crippen molar-refractivity contribution in [3.63, 3.8) is 0 Å². The average Bonchev–Trinajstić information content (AvgIpc) is 2.53. The van der Waals surface area contributed by atoms with Crippen LogP contribution in [0.3, 0.4) is 0 Å². The first-order chi connectivity index (χ1) is 12.0. The molecule has 1 saturated heterocycles. The maximum absolute atomic E-state index is 13.2. The van der Waals surface area contributed by atoms with Crippen molar-refractivity contribution < 1.29 is 17.9 Å². The van der Waals surface area contributed by atoms with E-state index >= 15 is 0 Å². The number of piperazine rings is 1. The number of ether oxygens (including phenoxy) is 1. The van der Waals surface area contributed by atoms with E-state index in [2.05, 4.69) is 20.8 Å². The van der Waals surface area contributed by atoms with Crippen molar-refractivity contribution in [2.45, 2.75) is 44.9 Å². The van der Waals surface area contributed by atoms with Crippen LogP contribution in [0.1, 0.15) is 37.5 Å². The third-order valence-corrected chi connectivity index (χ3v) is 6.99. The zero-order valence-corrected chi connectivity index (χ0v) is 17.4. The Labute approximate surface area is 157 Å². The van der Waals surface area contributed by atoms with Gasteiger partial charge in [0.1, 0.15) is 6.61 Å². The Morgan fingerprint density at radius 1 is 1.08 bits per heavy atom. The monoisotopic (exact) mass is 382 g/mol. The molecule has 0 N–H and O–H groups in total. The molecular formula is C19H30N2O4S. The van der Waals surface area contributed by atoms with E-state index in [9.17, 15) is 13.2 Å². The summed E-state index contributed by atoms with van der Waals surface area (Å²) in [7, 11) is -2.11. The van der Waals surface area contributed by atoms with Crippen LogP contribution in [0.5, 0.6) is 0 Å². The molecule has 0 radical (unpaired) electrons. The number of methoxy groups -OCH3 is 1. The van der Waals surface area contributed by atoms with Crippen molar-refractivity contribution in [2.24, 2.45) is 0 Å². The number of hydrogen-bond donors (Lipinski definition) is 0. The van der Waals surface area contributed by atoms with Crippen molar-refractivity contribution in [3.8, 4) is 0 Å². The molecule has 0 bridgehead atoms. The molecule has 2 rings (SSSR count). The molecule has 0 aliphatic carbocycles. The summed E-state index contributed by atoms with van der Waals surface area (Å²) < 4.78 is 32.7. The van der Waals surface area contributed by atoms with E-state index in [1.165, 1.54) is 11.4 Å². The second-order valence-corrected chi connectivity index (χ2v) is 9.78. The number of nitrogens with zero attached hydrogens (tertiary/aromatic N) is 2. The zero-order chi connectivity index (χ0) is 19.7. The number of amides is 1. The van der Waals surface area contributed by atoms with Gasteiger partial charge in [-0.15, -0.1) is 0 Å². The number of benzene rings is 1. The summed E-state index contributed by atoms with van der Waals surface area (Å²) in [6, 6.07) is 3.94. The fraction of sp³-hybridized carbons (Fsp3) is 0.632. The molecule has 0 saturated carbocycles. The van der Waals surface area contributed by atoms with Crippen molar-refractivity contribution in [3.05, 3.63) is 28.8 Å². The number of rotatable bonds is 4. The van der Waals surface area contributed by atoms with Crippen LogP contribution in [0.4, 0.5) is 0 Å². The molecule has 7 heteroatoms. The second-order valence-electron chi connectivity index (χ2n) is 7.91. The lowest BCUT2D eigenvalue weighted by molar-refractivity contribution is -0.136. The van der Waals surface area contributed by atoms with Crippen LogP contribution in [-0.4, -0.2) is 63.4 Å². The summed E-state index contributed by atoms with van der Waals surface area (Å²) in [5, 5.41) is 0. The number of aryl methyl sites for hydroxylation is 2. The SMILES string of the molecule is COCC(=O)N1CCN(S(=O)(=O)c2c(C)cc(C(C)(C)C)cc2C)CC1. The molecule has 6 nitrogen and oxygen atoms in total. The Balaban J connectivity index is 2.25. The highest BCUT2D eigenvalue weighted by Crippen LogP contribution is 2.31. The maximum Gasteiger partial charge on any atom is 0.248 e. The average molecular weight is 383 g/mol. The summed E-state index contributed by atoms with van der Waals surface area (Å²) in [5.41, 5.74) is 2.63. The third kappa shape index (κ3) is 4.27. The quantitative estimate of drug-likeness (QED) is 0.800. The summed E-state index contributed by atoms with van der Waals surface area (Å²) in [6.45, 7) is 11.5. The number of carbonyl (C=O) groups excluding carboxylic acids is 1. The molecule has 0 atom stereocenters. The first-order valence-electron chi connectivity index (χ1n) is 8.87. The lowest BCUT2D eigenvalue weighted by atomic mass is 9.85. The summed E-state index contributed by atoms with van der Waals surface area (Å²) in [4.78, 5) is 13.9. The van der Waals surface area contributed by atoms with Crippen LogP contribution in [0, 0.1) is 13.8 Å². The molecule has 0 unspecified atom stereocenters. The number of carbonyl (C=O) groups is 1. The predicted molar refractivity (Wildman–Crippen MR) is 102 cm³/mol. The van der Waals surface area contributed by atoms with Gasteiger partial charge in [0.15, 0.2) is 0 Å².